The molecule has 10 nitrogen and oxygen atoms in total. The molecule has 3 N–H and O–H groups in total. The van der Waals surface area contributed by atoms with Gasteiger partial charge in [-0.1, -0.05) is 6.07 Å². The molecule has 1 saturated carbocycles. The number of nitrogens with two attached hydrogens (primary N) is 1. The number of benzene rings is 1. The van der Waals surface area contributed by atoms with Gasteiger partial charge in [0.15, 0.2) is 17.3 Å². The normalized spacial score (nSPS) is 14.0. The standard InChI is InChI=1S/C25H25FN8O2/c1-36-22-7-6-21(34-10-2-9-30-34)19(24(22)26)12-29-25(35)20(32-27)13-28-11-18-15-33-14-17(16-3-4-16)5-8-23(33)31-18/h2,5-10,13-16H,3-4,11-12,27H2,1H3,(H,29,35). The number of aliphatic imine (C=N–C) groups is 1. The maximum atomic E-state index is 15.0. The van der Waals surface area contributed by atoms with Crippen LogP contribution in [0.3, 0.4) is 0 Å². The minimum Gasteiger partial charge on any atom is -0.494 e. The van der Waals surface area contributed by atoms with E-state index in [0.717, 1.165) is 11.3 Å². The molecular formula is C25H25FN8O2. The quantitative estimate of drug-likeness (QED) is 0.213. The van der Waals surface area contributed by atoms with Crippen molar-refractivity contribution in [2.75, 3.05) is 7.11 Å². The smallest absolute Gasteiger partial charge is 0.273 e. The summed E-state index contributed by atoms with van der Waals surface area (Å²) in [5, 5.41) is 10.3. The van der Waals surface area contributed by atoms with Crippen molar-refractivity contribution in [2.24, 2.45) is 15.9 Å². The Labute approximate surface area is 206 Å². The zero-order valence-corrected chi connectivity index (χ0v) is 19.6. The van der Waals surface area contributed by atoms with Crippen molar-refractivity contribution < 1.29 is 13.9 Å². The fourth-order valence-electron chi connectivity index (χ4n) is 3.97. The number of aromatic nitrogens is 4. The molecule has 0 spiro atoms. The molecule has 1 fully saturated rings. The zero-order valence-electron chi connectivity index (χ0n) is 19.6. The van der Waals surface area contributed by atoms with Crippen molar-refractivity contribution in [1.82, 2.24) is 24.5 Å². The molecule has 11 heteroatoms. The van der Waals surface area contributed by atoms with Crippen LogP contribution in [-0.2, 0) is 17.9 Å². The molecule has 0 saturated heterocycles. The first-order chi connectivity index (χ1) is 17.6. The van der Waals surface area contributed by atoms with Crippen molar-refractivity contribution in [2.45, 2.75) is 31.8 Å². The Bertz CT molecular complexity index is 1450. The number of rotatable bonds is 9. The van der Waals surface area contributed by atoms with Crippen LogP contribution in [0.1, 0.15) is 35.6 Å². The van der Waals surface area contributed by atoms with Gasteiger partial charge in [0.05, 0.1) is 31.3 Å². The van der Waals surface area contributed by atoms with Gasteiger partial charge in [0.2, 0.25) is 0 Å². The van der Waals surface area contributed by atoms with Gasteiger partial charge in [0.1, 0.15) is 5.65 Å². The number of imidazole rings is 1. The largest absolute Gasteiger partial charge is 0.494 e. The second-order valence-electron chi connectivity index (χ2n) is 8.43. The maximum Gasteiger partial charge on any atom is 0.273 e. The van der Waals surface area contributed by atoms with E-state index >= 15 is 4.39 Å². The Morgan fingerprint density at radius 1 is 1.31 bits per heavy atom. The highest BCUT2D eigenvalue weighted by Gasteiger charge is 2.23. The SMILES string of the molecule is COc1ccc(-n2cccn2)c(CNC(=O)C(C=NCc2cn3cc(C4CC4)ccc3n2)=NN)c1F. The molecule has 1 aliphatic carbocycles. The summed E-state index contributed by atoms with van der Waals surface area (Å²) in [5.74, 6) is 4.94. The maximum absolute atomic E-state index is 15.0. The minimum atomic E-state index is -0.598. The van der Waals surface area contributed by atoms with Gasteiger partial charge < -0.3 is 20.3 Å². The van der Waals surface area contributed by atoms with E-state index in [0.29, 0.717) is 11.6 Å². The number of carbonyl (C=O) groups excluding carboxylic acids is 1. The van der Waals surface area contributed by atoms with E-state index in [1.807, 2.05) is 16.7 Å². The summed E-state index contributed by atoms with van der Waals surface area (Å²) in [6.45, 7) is 0.111. The number of fused-ring (bicyclic) bond motifs is 1. The molecule has 36 heavy (non-hydrogen) atoms. The lowest BCUT2D eigenvalue weighted by molar-refractivity contribution is -0.114. The Hall–Kier alpha value is -4.54. The fraction of sp³-hybridized carbons (Fsp3) is 0.240. The number of methoxy groups -OCH3 is 1. The molecule has 4 aromatic rings. The number of nitrogens with one attached hydrogen (secondary N) is 1. The number of carbonyl (C=O) groups is 1. The number of nitrogens with zero attached hydrogens (tertiary/aromatic N) is 6. The van der Waals surface area contributed by atoms with E-state index in [4.69, 9.17) is 10.6 Å². The molecule has 0 atom stereocenters. The summed E-state index contributed by atoms with van der Waals surface area (Å²) in [5.41, 5.74) is 3.47. The molecule has 184 valence electrons. The van der Waals surface area contributed by atoms with E-state index in [1.165, 1.54) is 42.5 Å². The van der Waals surface area contributed by atoms with Crippen LogP contribution in [0.15, 0.2) is 65.2 Å². The molecule has 5 rings (SSSR count). The third kappa shape index (κ3) is 4.81. The van der Waals surface area contributed by atoms with E-state index in [1.54, 1.807) is 24.5 Å². The Kier molecular flexibility index (Phi) is 6.44. The van der Waals surface area contributed by atoms with Crippen molar-refractivity contribution in [1.29, 1.82) is 0 Å². The average Bonchev–Trinajstić information content (AvgIpc) is 3.43. The van der Waals surface area contributed by atoms with E-state index in [-0.39, 0.29) is 30.1 Å². The molecule has 3 heterocycles. The molecular weight excluding hydrogens is 463 g/mol. The van der Waals surface area contributed by atoms with Crippen molar-refractivity contribution >= 4 is 23.5 Å². The number of hydrogen-bond acceptors (Lipinski definition) is 7. The van der Waals surface area contributed by atoms with Crippen molar-refractivity contribution in [3.8, 4) is 11.4 Å². The van der Waals surface area contributed by atoms with Gasteiger partial charge in [-0.05, 0) is 48.6 Å². The number of hydrazone groups is 1. The van der Waals surface area contributed by atoms with Gasteiger partial charge in [-0.3, -0.25) is 9.79 Å². The molecule has 1 amide bonds. The van der Waals surface area contributed by atoms with Gasteiger partial charge in [-0.25, -0.2) is 14.1 Å². The number of ether oxygens (including phenoxy) is 1. The van der Waals surface area contributed by atoms with E-state index in [9.17, 15) is 4.79 Å². The predicted octanol–water partition coefficient (Wildman–Crippen LogP) is 2.75. The van der Waals surface area contributed by atoms with Gasteiger partial charge >= 0.3 is 0 Å². The first-order valence-electron chi connectivity index (χ1n) is 11.5. The number of hydrogen-bond donors (Lipinski definition) is 2. The third-order valence-electron chi connectivity index (χ3n) is 5.99. The molecule has 1 aromatic carbocycles. The summed E-state index contributed by atoms with van der Waals surface area (Å²) in [6.07, 6.45) is 11.0. The highest BCUT2D eigenvalue weighted by Crippen LogP contribution is 2.39. The number of pyridine rings is 1. The molecule has 0 unspecified atom stereocenters. The highest BCUT2D eigenvalue weighted by molar-refractivity contribution is 6.60. The van der Waals surface area contributed by atoms with E-state index < -0.39 is 11.7 Å². The van der Waals surface area contributed by atoms with Crippen LogP contribution in [-0.4, -0.2) is 44.1 Å². The first kappa shape index (κ1) is 23.2. The van der Waals surface area contributed by atoms with Gasteiger partial charge in [0.25, 0.3) is 5.91 Å². The fourth-order valence-corrected chi connectivity index (χ4v) is 3.97. The zero-order chi connectivity index (χ0) is 25.1. The number of amides is 1. The molecule has 0 bridgehead atoms. The van der Waals surface area contributed by atoms with Crippen LogP contribution < -0.4 is 15.9 Å². The van der Waals surface area contributed by atoms with Crippen LogP contribution in [0, 0.1) is 5.82 Å². The molecule has 0 aliphatic heterocycles. The Morgan fingerprint density at radius 2 is 2.17 bits per heavy atom. The average molecular weight is 489 g/mol. The minimum absolute atomic E-state index is 0.0566. The number of halogens is 1. The highest BCUT2D eigenvalue weighted by atomic mass is 19.1. The molecule has 3 aromatic heterocycles. The summed E-state index contributed by atoms with van der Waals surface area (Å²) in [4.78, 5) is 21.5. The molecule has 0 radical (unpaired) electrons. The first-order valence-corrected chi connectivity index (χ1v) is 11.5. The van der Waals surface area contributed by atoms with Crippen LogP contribution in [0.25, 0.3) is 11.3 Å². The Morgan fingerprint density at radius 3 is 2.89 bits per heavy atom. The lowest BCUT2D eigenvalue weighted by Crippen LogP contribution is -2.33. The Balaban J connectivity index is 1.25. The second kappa shape index (κ2) is 9.98. The van der Waals surface area contributed by atoms with Crippen molar-refractivity contribution in [3.63, 3.8) is 0 Å². The summed E-state index contributed by atoms with van der Waals surface area (Å²) < 4.78 is 23.6. The van der Waals surface area contributed by atoms with Crippen LogP contribution in [0.2, 0.25) is 0 Å². The summed E-state index contributed by atoms with van der Waals surface area (Å²) in [7, 11) is 1.37. The lowest BCUT2D eigenvalue weighted by Gasteiger charge is -2.14. The predicted molar refractivity (Wildman–Crippen MR) is 133 cm³/mol. The van der Waals surface area contributed by atoms with Crippen LogP contribution >= 0.6 is 0 Å². The third-order valence-corrected chi connectivity index (χ3v) is 5.99. The van der Waals surface area contributed by atoms with Gasteiger partial charge in [-0.2, -0.15) is 10.2 Å². The van der Waals surface area contributed by atoms with Crippen molar-refractivity contribution in [3.05, 3.63) is 77.8 Å². The van der Waals surface area contributed by atoms with Crippen LogP contribution in [0.4, 0.5) is 4.39 Å². The van der Waals surface area contributed by atoms with Gasteiger partial charge in [-0.15, -0.1) is 0 Å². The lowest BCUT2D eigenvalue weighted by atomic mass is 10.1. The van der Waals surface area contributed by atoms with E-state index in [2.05, 4.69) is 37.8 Å². The molecule has 1 aliphatic rings. The van der Waals surface area contributed by atoms with Crippen LogP contribution in [0.5, 0.6) is 5.75 Å². The monoisotopic (exact) mass is 488 g/mol. The second-order valence-corrected chi connectivity index (χ2v) is 8.43. The topological polar surface area (TPSA) is 124 Å². The summed E-state index contributed by atoms with van der Waals surface area (Å²) in [6, 6.07) is 8.99. The van der Waals surface area contributed by atoms with Gasteiger partial charge in [0, 0.05) is 36.9 Å². The summed E-state index contributed by atoms with van der Waals surface area (Å²) >= 11 is 0.